The van der Waals surface area contributed by atoms with Crippen LogP contribution in [0.25, 0.3) is 0 Å². The molecule has 0 bridgehead atoms. The molecule has 2 aromatic carbocycles. The van der Waals surface area contributed by atoms with Gasteiger partial charge in [0.1, 0.15) is 10.6 Å². The maximum absolute atomic E-state index is 13.1. The Morgan fingerprint density at radius 2 is 1.82 bits per heavy atom. The molecule has 150 valence electrons. The van der Waals surface area contributed by atoms with Gasteiger partial charge in [0.2, 0.25) is 15.7 Å². The Morgan fingerprint density at radius 3 is 2.46 bits per heavy atom. The van der Waals surface area contributed by atoms with E-state index in [0.717, 1.165) is 25.7 Å². The second-order valence-corrected chi connectivity index (χ2v) is 8.99. The third-order valence-electron chi connectivity index (χ3n) is 4.77. The van der Waals surface area contributed by atoms with Gasteiger partial charge in [0.25, 0.3) is 0 Å². The molecule has 0 aliphatic heterocycles. The molecule has 1 amide bonds. The van der Waals surface area contributed by atoms with Crippen LogP contribution in [0.4, 0.5) is 5.69 Å². The summed E-state index contributed by atoms with van der Waals surface area (Å²) in [6.45, 7) is -0.0258. The molecule has 3 rings (SSSR count). The Labute approximate surface area is 170 Å². The van der Waals surface area contributed by atoms with Gasteiger partial charge in [-0.15, -0.1) is 0 Å². The van der Waals surface area contributed by atoms with Crippen LogP contribution < -0.4 is 15.4 Å². The molecule has 1 fully saturated rings. The van der Waals surface area contributed by atoms with Crippen molar-refractivity contribution in [3.05, 3.63) is 47.5 Å². The lowest BCUT2D eigenvalue weighted by molar-refractivity contribution is -0.120. The summed E-state index contributed by atoms with van der Waals surface area (Å²) in [7, 11) is -2.37. The number of hydrogen-bond donors (Lipinski definition) is 2. The normalized spacial score (nSPS) is 14.6. The number of carbonyl (C=O) groups is 1. The van der Waals surface area contributed by atoms with Gasteiger partial charge in [-0.3, -0.25) is 4.79 Å². The van der Waals surface area contributed by atoms with E-state index in [2.05, 4.69) is 10.6 Å². The molecule has 0 radical (unpaired) electrons. The summed E-state index contributed by atoms with van der Waals surface area (Å²) in [6.07, 6.45) is 4.22. The maximum Gasteiger partial charge on any atom is 0.239 e. The second-order valence-electron chi connectivity index (χ2n) is 6.70. The number of amides is 1. The van der Waals surface area contributed by atoms with Crippen molar-refractivity contribution >= 4 is 33.0 Å². The number of methoxy groups -OCH3 is 1. The first-order chi connectivity index (χ1) is 13.4. The Morgan fingerprint density at radius 1 is 1.14 bits per heavy atom. The highest BCUT2D eigenvalue weighted by Gasteiger charge is 2.25. The summed E-state index contributed by atoms with van der Waals surface area (Å²) in [6, 6.07) is 11.1. The molecule has 0 atom stereocenters. The molecule has 2 aromatic rings. The number of hydrogen-bond acceptors (Lipinski definition) is 5. The highest BCUT2D eigenvalue weighted by Crippen LogP contribution is 2.34. The summed E-state index contributed by atoms with van der Waals surface area (Å²) in [5, 5.41) is 5.99. The van der Waals surface area contributed by atoms with Crippen LogP contribution in [0.5, 0.6) is 5.75 Å². The van der Waals surface area contributed by atoms with Crippen molar-refractivity contribution in [2.75, 3.05) is 19.0 Å². The first-order valence-corrected chi connectivity index (χ1v) is 11.0. The summed E-state index contributed by atoms with van der Waals surface area (Å²) in [4.78, 5) is 12.2. The van der Waals surface area contributed by atoms with Gasteiger partial charge in [0, 0.05) is 6.04 Å². The molecule has 1 aliphatic carbocycles. The molecular formula is C20H23ClN2O4S. The fourth-order valence-electron chi connectivity index (χ4n) is 3.32. The molecule has 0 heterocycles. The number of carbonyl (C=O) groups excluding carboxylic acids is 1. The van der Waals surface area contributed by atoms with Crippen LogP contribution in [-0.2, 0) is 14.6 Å². The van der Waals surface area contributed by atoms with E-state index in [-0.39, 0.29) is 33.3 Å². The van der Waals surface area contributed by atoms with Gasteiger partial charge in [-0.1, -0.05) is 30.5 Å². The van der Waals surface area contributed by atoms with Crippen molar-refractivity contribution in [1.29, 1.82) is 0 Å². The minimum absolute atomic E-state index is 0.0258. The third kappa shape index (κ3) is 4.59. The van der Waals surface area contributed by atoms with Gasteiger partial charge in [-0.25, -0.2) is 8.42 Å². The van der Waals surface area contributed by atoms with Crippen molar-refractivity contribution in [2.24, 2.45) is 0 Å². The molecule has 0 spiro atoms. The second kappa shape index (κ2) is 8.84. The molecule has 28 heavy (non-hydrogen) atoms. The summed E-state index contributed by atoms with van der Waals surface area (Å²) < 4.78 is 31.3. The van der Waals surface area contributed by atoms with E-state index in [1.807, 2.05) is 0 Å². The van der Waals surface area contributed by atoms with Gasteiger partial charge in [0.05, 0.1) is 29.3 Å². The first kappa shape index (κ1) is 20.5. The lowest BCUT2D eigenvalue weighted by Gasteiger charge is -2.16. The van der Waals surface area contributed by atoms with Crippen LogP contribution in [0, 0.1) is 0 Å². The van der Waals surface area contributed by atoms with Gasteiger partial charge >= 0.3 is 0 Å². The number of sulfone groups is 1. The average molecular weight is 423 g/mol. The molecular weight excluding hydrogens is 400 g/mol. The molecule has 0 unspecified atom stereocenters. The van der Waals surface area contributed by atoms with Crippen LogP contribution in [-0.4, -0.2) is 34.0 Å². The largest absolute Gasteiger partial charge is 0.497 e. The number of rotatable bonds is 7. The zero-order valence-electron chi connectivity index (χ0n) is 15.6. The molecule has 1 aliphatic rings. The molecule has 0 saturated heterocycles. The van der Waals surface area contributed by atoms with E-state index in [1.54, 1.807) is 24.3 Å². The van der Waals surface area contributed by atoms with E-state index in [1.165, 1.54) is 25.3 Å². The van der Waals surface area contributed by atoms with Crippen molar-refractivity contribution in [3.8, 4) is 5.75 Å². The number of ether oxygens (including phenoxy) is 1. The van der Waals surface area contributed by atoms with E-state index >= 15 is 0 Å². The number of nitrogens with one attached hydrogen (secondary N) is 2. The Balaban J connectivity index is 1.81. The van der Waals surface area contributed by atoms with Crippen LogP contribution in [0.15, 0.2) is 52.3 Å². The predicted molar refractivity (Wildman–Crippen MR) is 109 cm³/mol. The minimum atomic E-state index is -3.88. The van der Waals surface area contributed by atoms with Gasteiger partial charge in [-0.2, -0.15) is 0 Å². The predicted octanol–water partition coefficient (Wildman–Crippen LogP) is 3.65. The number of anilines is 1. The monoisotopic (exact) mass is 422 g/mol. The molecule has 8 heteroatoms. The van der Waals surface area contributed by atoms with Crippen molar-refractivity contribution in [2.45, 2.75) is 41.5 Å². The van der Waals surface area contributed by atoms with Gasteiger partial charge in [-0.05, 0) is 49.2 Å². The van der Waals surface area contributed by atoms with Crippen LogP contribution >= 0.6 is 11.6 Å². The van der Waals surface area contributed by atoms with E-state index in [4.69, 9.17) is 16.3 Å². The average Bonchev–Trinajstić information content (AvgIpc) is 3.19. The zero-order chi connectivity index (χ0) is 20.1. The van der Waals surface area contributed by atoms with Crippen LogP contribution in [0.2, 0.25) is 5.02 Å². The van der Waals surface area contributed by atoms with Crippen molar-refractivity contribution in [3.63, 3.8) is 0 Å². The summed E-state index contributed by atoms with van der Waals surface area (Å²) in [5.41, 5.74) is 0.296. The fourth-order valence-corrected chi connectivity index (χ4v) is 5.28. The lowest BCUT2D eigenvalue weighted by atomic mass is 10.2. The van der Waals surface area contributed by atoms with Crippen LogP contribution in [0.1, 0.15) is 25.7 Å². The highest BCUT2D eigenvalue weighted by molar-refractivity contribution is 7.91. The van der Waals surface area contributed by atoms with Crippen molar-refractivity contribution in [1.82, 2.24) is 5.32 Å². The number of benzene rings is 2. The summed E-state index contributed by atoms with van der Waals surface area (Å²) in [5.74, 6) is 0.389. The maximum atomic E-state index is 13.1. The minimum Gasteiger partial charge on any atom is -0.497 e. The van der Waals surface area contributed by atoms with E-state index in [0.29, 0.717) is 11.4 Å². The van der Waals surface area contributed by atoms with Crippen molar-refractivity contribution < 1.29 is 17.9 Å². The van der Waals surface area contributed by atoms with Gasteiger partial charge < -0.3 is 15.4 Å². The third-order valence-corrected chi connectivity index (χ3v) is 7.06. The quantitative estimate of drug-likeness (QED) is 0.711. The molecule has 2 N–H and O–H groups in total. The first-order valence-electron chi connectivity index (χ1n) is 9.12. The van der Waals surface area contributed by atoms with E-state index < -0.39 is 9.84 Å². The highest BCUT2D eigenvalue weighted by atomic mass is 35.5. The molecule has 0 aromatic heterocycles. The Bertz CT molecular complexity index is 939. The van der Waals surface area contributed by atoms with Crippen LogP contribution in [0.3, 0.4) is 0 Å². The Hall–Kier alpha value is -2.25. The zero-order valence-corrected chi connectivity index (χ0v) is 17.1. The molecule has 6 nitrogen and oxygen atoms in total. The standard InChI is InChI=1S/C20H23ClN2O4S/c1-27-15-9-11-16(12-10-15)28(25,26)20-17(21)7-4-8-18(20)22-13-19(24)23-14-5-2-3-6-14/h4,7-12,14,22H,2-3,5-6,13H2,1H3,(H,23,24). The van der Waals surface area contributed by atoms with E-state index in [9.17, 15) is 13.2 Å². The summed E-state index contributed by atoms with van der Waals surface area (Å²) >= 11 is 6.23. The smallest absolute Gasteiger partial charge is 0.239 e. The van der Waals surface area contributed by atoms with Gasteiger partial charge in [0.15, 0.2) is 0 Å². The SMILES string of the molecule is COc1ccc(S(=O)(=O)c2c(Cl)cccc2NCC(=O)NC2CCCC2)cc1. The lowest BCUT2D eigenvalue weighted by Crippen LogP contribution is -2.36. The molecule has 1 saturated carbocycles. The fraction of sp³-hybridized carbons (Fsp3) is 0.350. The topological polar surface area (TPSA) is 84.5 Å². The number of halogens is 1. The Kier molecular flexibility index (Phi) is 6.46.